The molecule has 2 heterocycles. The van der Waals surface area contributed by atoms with Crippen molar-refractivity contribution in [3.63, 3.8) is 0 Å². The van der Waals surface area contributed by atoms with Crippen LogP contribution in [0.25, 0.3) is 9.75 Å². The zero-order chi connectivity index (χ0) is 8.55. The molecule has 0 saturated heterocycles. The molecule has 0 aliphatic carbocycles. The maximum Gasteiger partial charge on any atom is 0.0445 e. The van der Waals surface area contributed by atoms with Gasteiger partial charge in [0.1, 0.15) is 0 Å². The van der Waals surface area contributed by atoms with E-state index < -0.39 is 0 Å². The average molecular weight is 194 g/mol. The first-order valence-electron chi connectivity index (χ1n) is 3.87. The van der Waals surface area contributed by atoms with Crippen LogP contribution in [-0.2, 0) is 0 Å². The first kappa shape index (κ1) is 8.02. The van der Waals surface area contributed by atoms with Gasteiger partial charge in [-0.1, -0.05) is 0 Å². The second kappa shape index (κ2) is 3.04. The van der Waals surface area contributed by atoms with Crippen molar-refractivity contribution in [2.75, 3.05) is 0 Å². The maximum absolute atomic E-state index is 2.25. The van der Waals surface area contributed by atoms with Crippen molar-refractivity contribution in [1.29, 1.82) is 0 Å². The number of aryl methyl sites for hydroxylation is 2. The lowest BCUT2D eigenvalue weighted by molar-refractivity contribution is 1.56. The molecular formula is C10H10S2. The Morgan fingerprint density at radius 1 is 1.08 bits per heavy atom. The number of hydrogen-bond acceptors (Lipinski definition) is 2. The minimum atomic E-state index is 1.36. The number of thiophene rings is 2. The van der Waals surface area contributed by atoms with Crippen LogP contribution in [0.15, 0.2) is 23.6 Å². The van der Waals surface area contributed by atoms with Gasteiger partial charge in [-0.3, -0.25) is 0 Å². The van der Waals surface area contributed by atoms with Crippen LogP contribution in [0.3, 0.4) is 0 Å². The summed E-state index contributed by atoms with van der Waals surface area (Å²) in [5, 5.41) is 2.20. The first-order chi connectivity index (χ1) is 5.75. The third-order valence-corrected chi connectivity index (χ3v) is 3.96. The van der Waals surface area contributed by atoms with Gasteiger partial charge in [-0.2, -0.15) is 0 Å². The fourth-order valence-electron chi connectivity index (χ4n) is 1.13. The molecule has 0 N–H and O–H groups in total. The molecule has 0 amide bonds. The molecule has 0 spiro atoms. The largest absolute Gasteiger partial charge is 0.143 e. The SMILES string of the molecule is Cc1csc(-c2ccc(C)s2)c1. The van der Waals surface area contributed by atoms with Crippen molar-refractivity contribution in [2.45, 2.75) is 13.8 Å². The van der Waals surface area contributed by atoms with Gasteiger partial charge in [-0.15, -0.1) is 22.7 Å². The highest BCUT2D eigenvalue weighted by molar-refractivity contribution is 7.21. The lowest BCUT2D eigenvalue weighted by Crippen LogP contribution is -1.59. The predicted octanol–water partition coefficient (Wildman–Crippen LogP) is 4.09. The summed E-state index contributed by atoms with van der Waals surface area (Å²) in [5.41, 5.74) is 1.36. The van der Waals surface area contributed by atoms with E-state index in [-0.39, 0.29) is 0 Å². The molecule has 0 aliphatic heterocycles. The summed E-state index contributed by atoms with van der Waals surface area (Å²) in [7, 11) is 0. The van der Waals surface area contributed by atoms with Crippen LogP contribution in [0.1, 0.15) is 10.4 Å². The minimum absolute atomic E-state index is 1.36. The summed E-state index contributed by atoms with van der Waals surface area (Å²) >= 11 is 3.69. The molecule has 2 aromatic heterocycles. The summed E-state index contributed by atoms with van der Waals surface area (Å²) in [5.74, 6) is 0. The molecule has 2 rings (SSSR count). The monoisotopic (exact) mass is 194 g/mol. The first-order valence-corrected chi connectivity index (χ1v) is 5.57. The Labute approximate surface area is 80.5 Å². The highest BCUT2D eigenvalue weighted by Crippen LogP contribution is 2.32. The van der Waals surface area contributed by atoms with Gasteiger partial charge in [-0.25, -0.2) is 0 Å². The van der Waals surface area contributed by atoms with Crippen LogP contribution in [0, 0.1) is 13.8 Å². The summed E-state index contributed by atoms with van der Waals surface area (Å²) in [6.45, 7) is 4.29. The van der Waals surface area contributed by atoms with Gasteiger partial charge in [0.05, 0.1) is 0 Å². The average Bonchev–Trinajstić information content (AvgIpc) is 2.58. The molecule has 0 bridgehead atoms. The third kappa shape index (κ3) is 1.45. The van der Waals surface area contributed by atoms with Crippen LogP contribution < -0.4 is 0 Å². The van der Waals surface area contributed by atoms with E-state index in [0.717, 1.165) is 0 Å². The molecule has 0 aromatic carbocycles. The molecular weight excluding hydrogens is 184 g/mol. The Kier molecular flexibility index (Phi) is 2.03. The molecule has 0 nitrogen and oxygen atoms in total. The fraction of sp³-hybridized carbons (Fsp3) is 0.200. The molecule has 12 heavy (non-hydrogen) atoms. The van der Waals surface area contributed by atoms with Crippen LogP contribution in [0.2, 0.25) is 0 Å². The molecule has 0 unspecified atom stereocenters. The third-order valence-electron chi connectivity index (χ3n) is 1.71. The molecule has 0 radical (unpaired) electrons. The van der Waals surface area contributed by atoms with Gasteiger partial charge in [0.2, 0.25) is 0 Å². The molecule has 2 aromatic rings. The van der Waals surface area contributed by atoms with E-state index >= 15 is 0 Å². The van der Waals surface area contributed by atoms with Gasteiger partial charge in [-0.05, 0) is 43.0 Å². The van der Waals surface area contributed by atoms with E-state index in [0.29, 0.717) is 0 Å². The van der Waals surface area contributed by atoms with Crippen LogP contribution in [0.5, 0.6) is 0 Å². The Morgan fingerprint density at radius 3 is 2.42 bits per heavy atom. The minimum Gasteiger partial charge on any atom is -0.143 e. The molecule has 0 atom stereocenters. The van der Waals surface area contributed by atoms with Gasteiger partial charge in [0, 0.05) is 14.6 Å². The van der Waals surface area contributed by atoms with E-state index in [1.807, 2.05) is 22.7 Å². The van der Waals surface area contributed by atoms with Crippen molar-refractivity contribution in [1.82, 2.24) is 0 Å². The zero-order valence-corrected chi connectivity index (χ0v) is 8.76. The highest BCUT2D eigenvalue weighted by Gasteiger charge is 2.01. The van der Waals surface area contributed by atoms with Crippen molar-refractivity contribution in [3.8, 4) is 9.75 Å². The Hall–Kier alpha value is -0.600. The van der Waals surface area contributed by atoms with Crippen molar-refractivity contribution < 1.29 is 0 Å². The van der Waals surface area contributed by atoms with E-state index in [4.69, 9.17) is 0 Å². The molecule has 0 saturated carbocycles. The van der Waals surface area contributed by atoms with Crippen LogP contribution in [-0.4, -0.2) is 0 Å². The van der Waals surface area contributed by atoms with Crippen LogP contribution >= 0.6 is 22.7 Å². The zero-order valence-electron chi connectivity index (χ0n) is 7.13. The van der Waals surface area contributed by atoms with Gasteiger partial charge in [0.25, 0.3) is 0 Å². The Morgan fingerprint density at radius 2 is 1.92 bits per heavy atom. The summed E-state index contributed by atoms with van der Waals surface area (Å²) in [6.07, 6.45) is 0. The van der Waals surface area contributed by atoms with Gasteiger partial charge >= 0.3 is 0 Å². The molecule has 2 heteroatoms. The lowest BCUT2D eigenvalue weighted by atomic mass is 10.3. The molecule has 62 valence electrons. The van der Waals surface area contributed by atoms with Gasteiger partial charge in [0.15, 0.2) is 0 Å². The van der Waals surface area contributed by atoms with Gasteiger partial charge < -0.3 is 0 Å². The molecule has 0 fully saturated rings. The number of hydrogen-bond donors (Lipinski definition) is 0. The van der Waals surface area contributed by atoms with Crippen molar-refractivity contribution >= 4 is 22.7 Å². The normalized spacial score (nSPS) is 10.5. The second-order valence-electron chi connectivity index (χ2n) is 2.90. The predicted molar refractivity (Wildman–Crippen MR) is 57.1 cm³/mol. The topological polar surface area (TPSA) is 0 Å². The Balaban J connectivity index is 2.43. The van der Waals surface area contributed by atoms with Crippen LogP contribution in [0.4, 0.5) is 0 Å². The summed E-state index contributed by atoms with van der Waals surface area (Å²) < 4.78 is 0. The van der Waals surface area contributed by atoms with E-state index in [2.05, 4.69) is 37.4 Å². The smallest absolute Gasteiger partial charge is 0.0445 e. The molecule has 0 aliphatic rings. The highest BCUT2D eigenvalue weighted by atomic mass is 32.1. The summed E-state index contributed by atoms with van der Waals surface area (Å²) in [6, 6.07) is 6.62. The summed E-state index contributed by atoms with van der Waals surface area (Å²) in [4.78, 5) is 4.17. The quantitative estimate of drug-likeness (QED) is 0.641. The van der Waals surface area contributed by atoms with E-state index in [9.17, 15) is 0 Å². The van der Waals surface area contributed by atoms with Crippen molar-refractivity contribution in [3.05, 3.63) is 34.0 Å². The second-order valence-corrected chi connectivity index (χ2v) is 5.10. The van der Waals surface area contributed by atoms with E-state index in [1.54, 1.807) is 0 Å². The lowest BCUT2D eigenvalue weighted by Gasteiger charge is -1.86. The number of rotatable bonds is 1. The standard InChI is InChI=1S/C10H10S2/c1-7-5-10(11-6-7)9-4-3-8(2)12-9/h3-6H,1-2H3. The maximum atomic E-state index is 2.25. The fourth-order valence-corrected chi connectivity index (χ4v) is 2.99. The Bertz CT molecular complexity index is 344. The van der Waals surface area contributed by atoms with E-state index in [1.165, 1.54) is 20.2 Å². The van der Waals surface area contributed by atoms with Crippen molar-refractivity contribution in [2.24, 2.45) is 0 Å².